The summed E-state index contributed by atoms with van der Waals surface area (Å²) in [7, 11) is -1.92. The van der Waals surface area contributed by atoms with Crippen LogP contribution >= 0.6 is 0 Å². The van der Waals surface area contributed by atoms with Gasteiger partial charge in [0, 0.05) is 25.2 Å². The largest absolute Gasteiger partial charge is 0.497 e. The maximum atomic E-state index is 12.3. The van der Waals surface area contributed by atoms with E-state index in [1.807, 2.05) is 0 Å². The van der Waals surface area contributed by atoms with Crippen LogP contribution in [0.1, 0.15) is 6.42 Å². The molecule has 0 amide bonds. The first-order valence-corrected chi connectivity index (χ1v) is 6.88. The summed E-state index contributed by atoms with van der Waals surface area (Å²) in [5.41, 5.74) is 5.73. The van der Waals surface area contributed by atoms with Crippen molar-refractivity contribution < 1.29 is 13.2 Å². The summed E-state index contributed by atoms with van der Waals surface area (Å²) >= 11 is 0. The molecule has 0 aromatic heterocycles. The van der Waals surface area contributed by atoms with Crippen molar-refractivity contribution in [2.45, 2.75) is 17.4 Å². The van der Waals surface area contributed by atoms with Crippen molar-refractivity contribution in [1.29, 1.82) is 0 Å². The highest BCUT2D eigenvalue weighted by molar-refractivity contribution is 7.89. The van der Waals surface area contributed by atoms with E-state index in [1.165, 1.54) is 17.5 Å². The van der Waals surface area contributed by atoms with Gasteiger partial charge in [0.05, 0.1) is 12.0 Å². The van der Waals surface area contributed by atoms with Crippen LogP contribution in [0.3, 0.4) is 0 Å². The molecule has 1 fully saturated rings. The number of methoxy groups -OCH3 is 1. The SMILES string of the molecule is COc1cccc(S(=O)(=O)N2CCC(N)C2)c1. The highest BCUT2D eigenvalue weighted by atomic mass is 32.2. The molecule has 1 aromatic rings. The summed E-state index contributed by atoms with van der Waals surface area (Å²) in [5, 5.41) is 0. The highest BCUT2D eigenvalue weighted by Gasteiger charge is 2.30. The van der Waals surface area contributed by atoms with Crippen LogP contribution in [0, 0.1) is 0 Å². The number of hydrogen-bond donors (Lipinski definition) is 1. The van der Waals surface area contributed by atoms with Gasteiger partial charge in [0.25, 0.3) is 0 Å². The standard InChI is InChI=1S/C11H16N2O3S/c1-16-10-3-2-4-11(7-10)17(14,15)13-6-5-9(12)8-13/h2-4,7,9H,5-6,8,12H2,1H3. The van der Waals surface area contributed by atoms with Gasteiger partial charge in [-0.3, -0.25) is 0 Å². The molecule has 94 valence electrons. The Kier molecular flexibility index (Phi) is 3.37. The summed E-state index contributed by atoms with van der Waals surface area (Å²) in [6, 6.07) is 6.42. The molecule has 0 spiro atoms. The molecule has 6 heteroatoms. The second kappa shape index (κ2) is 4.64. The average molecular weight is 256 g/mol. The Labute approximate surface area is 101 Å². The third-order valence-corrected chi connectivity index (χ3v) is 4.73. The second-order valence-corrected chi connectivity index (χ2v) is 6.03. The topological polar surface area (TPSA) is 72.6 Å². The number of nitrogens with two attached hydrogens (primary N) is 1. The molecule has 1 aliphatic rings. The van der Waals surface area contributed by atoms with Crippen LogP contribution in [-0.2, 0) is 10.0 Å². The molecule has 0 saturated carbocycles. The fraction of sp³-hybridized carbons (Fsp3) is 0.455. The highest BCUT2D eigenvalue weighted by Crippen LogP contribution is 2.23. The maximum Gasteiger partial charge on any atom is 0.243 e. The third-order valence-electron chi connectivity index (χ3n) is 2.87. The molecule has 1 aromatic carbocycles. The number of hydrogen-bond acceptors (Lipinski definition) is 4. The van der Waals surface area contributed by atoms with Gasteiger partial charge in [0.15, 0.2) is 0 Å². The van der Waals surface area contributed by atoms with E-state index in [0.717, 1.165) is 0 Å². The summed E-state index contributed by atoms with van der Waals surface area (Å²) in [4.78, 5) is 0.256. The monoisotopic (exact) mass is 256 g/mol. The molecule has 1 aliphatic heterocycles. The predicted octanol–water partition coefficient (Wildman–Crippen LogP) is 0.417. The Morgan fingerprint density at radius 3 is 2.82 bits per heavy atom. The first-order valence-electron chi connectivity index (χ1n) is 5.44. The molecule has 0 radical (unpaired) electrons. The lowest BCUT2D eigenvalue weighted by Crippen LogP contribution is -2.31. The summed E-state index contributed by atoms with van der Waals surface area (Å²) in [6.07, 6.45) is 0.712. The summed E-state index contributed by atoms with van der Waals surface area (Å²) in [5.74, 6) is 0.537. The van der Waals surface area contributed by atoms with E-state index in [0.29, 0.717) is 25.3 Å². The first kappa shape index (κ1) is 12.3. The van der Waals surface area contributed by atoms with E-state index >= 15 is 0 Å². The third kappa shape index (κ3) is 2.43. The molecule has 0 aliphatic carbocycles. The normalized spacial score (nSPS) is 21.6. The number of ether oxygens (including phenoxy) is 1. The van der Waals surface area contributed by atoms with Crippen molar-refractivity contribution in [3.05, 3.63) is 24.3 Å². The van der Waals surface area contributed by atoms with Gasteiger partial charge in [-0.05, 0) is 18.6 Å². The Bertz CT molecular complexity index is 501. The van der Waals surface area contributed by atoms with Gasteiger partial charge < -0.3 is 10.5 Å². The van der Waals surface area contributed by atoms with Gasteiger partial charge in [-0.25, -0.2) is 8.42 Å². The molecule has 1 saturated heterocycles. The van der Waals surface area contributed by atoms with E-state index in [1.54, 1.807) is 18.2 Å². The quantitative estimate of drug-likeness (QED) is 0.850. The lowest BCUT2D eigenvalue weighted by atomic mass is 10.3. The van der Waals surface area contributed by atoms with Crippen LogP contribution in [0.4, 0.5) is 0 Å². The van der Waals surface area contributed by atoms with Gasteiger partial charge in [-0.15, -0.1) is 0 Å². The van der Waals surface area contributed by atoms with E-state index in [4.69, 9.17) is 10.5 Å². The number of rotatable bonds is 3. The maximum absolute atomic E-state index is 12.3. The zero-order chi connectivity index (χ0) is 12.5. The van der Waals surface area contributed by atoms with Gasteiger partial charge >= 0.3 is 0 Å². The van der Waals surface area contributed by atoms with Crippen LogP contribution in [-0.4, -0.2) is 39.0 Å². The zero-order valence-corrected chi connectivity index (χ0v) is 10.5. The van der Waals surface area contributed by atoms with Gasteiger partial charge in [-0.1, -0.05) is 6.07 Å². The molecular formula is C11H16N2O3S. The Hall–Kier alpha value is -1.11. The first-order chi connectivity index (χ1) is 8.04. The Morgan fingerprint density at radius 1 is 1.47 bits per heavy atom. The van der Waals surface area contributed by atoms with Gasteiger partial charge in [0.2, 0.25) is 10.0 Å². The van der Waals surface area contributed by atoms with Crippen molar-refractivity contribution in [3.63, 3.8) is 0 Å². The lowest BCUT2D eigenvalue weighted by Gasteiger charge is -2.16. The Balaban J connectivity index is 2.31. The molecule has 5 nitrogen and oxygen atoms in total. The second-order valence-electron chi connectivity index (χ2n) is 4.09. The van der Waals surface area contributed by atoms with Gasteiger partial charge in [-0.2, -0.15) is 4.31 Å². The van der Waals surface area contributed by atoms with E-state index in [9.17, 15) is 8.42 Å². The number of benzene rings is 1. The van der Waals surface area contributed by atoms with Crippen molar-refractivity contribution in [2.75, 3.05) is 20.2 Å². The number of sulfonamides is 1. The summed E-state index contributed by atoms with van der Waals surface area (Å²) in [6.45, 7) is 0.875. The number of nitrogens with zero attached hydrogens (tertiary/aromatic N) is 1. The van der Waals surface area contributed by atoms with Gasteiger partial charge in [0.1, 0.15) is 5.75 Å². The van der Waals surface area contributed by atoms with Crippen LogP contribution < -0.4 is 10.5 Å². The predicted molar refractivity (Wildman–Crippen MR) is 64.3 cm³/mol. The van der Waals surface area contributed by atoms with E-state index < -0.39 is 10.0 Å². The van der Waals surface area contributed by atoms with E-state index in [2.05, 4.69) is 0 Å². The fourth-order valence-electron chi connectivity index (χ4n) is 1.88. The molecular weight excluding hydrogens is 240 g/mol. The van der Waals surface area contributed by atoms with Crippen molar-refractivity contribution >= 4 is 10.0 Å². The fourth-order valence-corrected chi connectivity index (χ4v) is 3.43. The molecule has 1 unspecified atom stereocenters. The molecule has 0 bridgehead atoms. The van der Waals surface area contributed by atoms with E-state index in [-0.39, 0.29) is 10.9 Å². The zero-order valence-electron chi connectivity index (χ0n) is 9.67. The van der Waals surface area contributed by atoms with Crippen LogP contribution in [0.25, 0.3) is 0 Å². The van der Waals surface area contributed by atoms with Crippen molar-refractivity contribution in [2.24, 2.45) is 5.73 Å². The molecule has 17 heavy (non-hydrogen) atoms. The minimum absolute atomic E-state index is 0.0598. The van der Waals surface area contributed by atoms with Crippen LogP contribution in [0.15, 0.2) is 29.2 Å². The van der Waals surface area contributed by atoms with Crippen LogP contribution in [0.5, 0.6) is 5.75 Å². The Morgan fingerprint density at radius 2 is 2.24 bits per heavy atom. The molecule has 2 N–H and O–H groups in total. The average Bonchev–Trinajstić information content (AvgIpc) is 2.76. The molecule has 1 atom stereocenters. The van der Waals surface area contributed by atoms with Crippen molar-refractivity contribution in [3.8, 4) is 5.75 Å². The van der Waals surface area contributed by atoms with Crippen molar-refractivity contribution in [1.82, 2.24) is 4.31 Å². The molecule has 2 rings (SSSR count). The summed E-state index contributed by atoms with van der Waals surface area (Å²) < 4.78 is 31.0. The minimum atomic E-state index is -3.43. The van der Waals surface area contributed by atoms with Crippen LogP contribution in [0.2, 0.25) is 0 Å². The minimum Gasteiger partial charge on any atom is -0.497 e. The smallest absolute Gasteiger partial charge is 0.243 e. The lowest BCUT2D eigenvalue weighted by molar-refractivity contribution is 0.412. The molecule has 1 heterocycles.